The van der Waals surface area contributed by atoms with Crippen LogP contribution in [0.2, 0.25) is 5.02 Å². The fraction of sp³-hybridized carbons (Fsp3) is 0.0952. The Morgan fingerprint density at radius 2 is 1.92 bits per heavy atom. The van der Waals surface area contributed by atoms with Crippen molar-refractivity contribution in [1.29, 1.82) is 0 Å². The lowest BCUT2D eigenvalue weighted by Crippen LogP contribution is -1.94. The number of ether oxygens (including phenoxy) is 1. The number of ketones is 1. The lowest BCUT2D eigenvalue weighted by Gasteiger charge is -2.06. The highest BCUT2D eigenvalue weighted by molar-refractivity contribution is 9.10. The molecule has 0 aliphatic rings. The topological polar surface area (TPSA) is 39.4 Å². The van der Waals surface area contributed by atoms with Gasteiger partial charge in [0.1, 0.15) is 23.9 Å². The first kappa shape index (κ1) is 18.5. The van der Waals surface area contributed by atoms with Crippen molar-refractivity contribution in [3.63, 3.8) is 0 Å². The Kier molecular flexibility index (Phi) is 5.96. The first-order chi connectivity index (χ1) is 12.5. The first-order valence-corrected chi connectivity index (χ1v) is 9.14. The van der Waals surface area contributed by atoms with Gasteiger partial charge in [-0.15, -0.1) is 0 Å². The highest BCUT2D eigenvalue weighted by Crippen LogP contribution is 2.28. The van der Waals surface area contributed by atoms with Crippen molar-refractivity contribution in [3.8, 4) is 5.75 Å². The van der Waals surface area contributed by atoms with Crippen molar-refractivity contribution in [3.05, 3.63) is 92.8 Å². The number of carbonyl (C=O) groups is 1. The second kappa shape index (κ2) is 8.39. The zero-order valence-electron chi connectivity index (χ0n) is 14.0. The average Bonchev–Trinajstić information content (AvgIpc) is 3.07. The van der Waals surface area contributed by atoms with E-state index < -0.39 is 0 Å². The van der Waals surface area contributed by atoms with E-state index in [1.165, 1.54) is 6.08 Å². The largest absolute Gasteiger partial charge is 0.484 e. The number of rotatable bonds is 6. The number of hydrogen-bond acceptors (Lipinski definition) is 3. The van der Waals surface area contributed by atoms with Crippen LogP contribution < -0.4 is 4.74 Å². The molecule has 5 heteroatoms. The molecule has 0 atom stereocenters. The van der Waals surface area contributed by atoms with Crippen LogP contribution in [0.25, 0.3) is 6.08 Å². The molecule has 1 aromatic heterocycles. The predicted octanol–water partition coefficient (Wildman–Crippen LogP) is 6.48. The van der Waals surface area contributed by atoms with Gasteiger partial charge in [-0.2, -0.15) is 0 Å². The van der Waals surface area contributed by atoms with Gasteiger partial charge in [0.05, 0.1) is 5.02 Å². The van der Waals surface area contributed by atoms with E-state index in [2.05, 4.69) is 15.9 Å². The van der Waals surface area contributed by atoms with E-state index in [1.54, 1.807) is 24.3 Å². The summed E-state index contributed by atoms with van der Waals surface area (Å²) in [7, 11) is 0. The van der Waals surface area contributed by atoms with Gasteiger partial charge in [0.15, 0.2) is 5.78 Å². The number of halogens is 2. The lowest BCUT2D eigenvalue weighted by molar-refractivity contribution is 0.104. The minimum Gasteiger partial charge on any atom is -0.484 e. The molecule has 0 spiro atoms. The molecule has 132 valence electrons. The summed E-state index contributed by atoms with van der Waals surface area (Å²) in [6.07, 6.45) is 3.15. The molecule has 3 aromatic rings. The summed E-state index contributed by atoms with van der Waals surface area (Å²) in [4.78, 5) is 12.1. The Morgan fingerprint density at radius 1 is 1.15 bits per heavy atom. The standard InChI is InChI=1S/C21H16BrClO3/c1-14-2-4-15(5-3-14)20(24)10-9-17-7-8-18(26-17)13-25-21-11-6-16(22)12-19(21)23/h2-12H,13H2,1H3/b10-9+. The smallest absolute Gasteiger partial charge is 0.185 e. The van der Waals surface area contributed by atoms with Gasteiger partial charge in [0, 0.05) is 10.0 Å². The molecule has 0 unspecified atom stereocenters. The third-order valence-electron chi connectivity index (χ3n) is 3.68. The van der Waals surface area contributed by atoms with Gasteiger partial charge in [-0.05, 0) is 49.4 Å². The quantitative estimate of drug-likeness (QED) is 0.331. The summed E-state index contributed by atoms with van der Waals surface area (Å²) in [5.41, 5.74) is 1.76. The van der Waals surface area contributed by atoms with Gasteiger partial charge < -0.3 is 9.15 Å². The molecule has 1 heterocycles. The third-order valence-corrected chi connectivity index (χ3v) is 4.47. The maximum atomic E-state index is 12.1. The Hall–Kier alpha value is -2.30. The summed E-state index contributed by atoms with van der Waals surface area (Å²) in [5.74, 6) is 1.75. The molecule has 0 fully saturated rings. The van der Waals surface area contributed by atoms with E-state index in [9.17, 15) is 4.79 Å². The number of carbonyl (C=O) groups excluding carboxylic acids is 1. The molecule has 3 rings (SSSR count). The van der Waals surface area contributed by atoms with Crippen LogP contribution in [0.1, 0.15) is 27.4 Å². The molecule has 3 nitrogen and oxygen atoms in total. The Bertz CT molecular complexity index is 942. The van der Waals surface area contributed by atoms with Gasteiger partial charge in [0.25, 0.3) is 0 Å². The number of hydrogen-bond donors (Lipinski definition) is 0. The van der Waals surface area contributed by atoms with Crippen LogP contribution in [0, 0.1) is 6.92 Å². The Labute approximate surface area is 165 Å². The summed E-state index contributed by atoms with van der Waals surface area (Å²) in [6, 6.07) is 16.5. The number of aryl methyl sites for hydroxylation is 1. The number of furan rings is 1. The normalized spacial score (nSPS) is 11.0. The van der Waals surface area contributed by atoms with Gasteiger partial charge in [-0.3, -0.25) is 4.79 Å². The fourth-order valence-corrected chi connectivity index (χ4v) is 3.00. The van der Waals surface area contributed by atoms with Crippen LogP contribution in [0.3, 0.4) is 0 Å². The van der Waals surface area contributed by atoms with E-state index in [1.807, 2.05) is 43.3 Å². The van der Waals surface area contributed by atoms with E-state index in [0.717, 1.165) is 10.0 Å². The van der Waals surface area contributed by atoms with Crippen LogP contribution in [-0.4, -0.2) is 5.78 Å². The number of allylic oxidation sites excluding steroid dienone is 1. The van der Waals surface area contributed by atoms with Crippen molar-refractivity contribution >= 4 is 39.4 Å². The van der Waals surface area contributed by atoms with Crippen molar-refractivity contribution in [2.24, 2.45) is 0 Å². The van der Waals surface area contributed by atoms with Gasteiger partial charge >= 0.3 is 0 Å². The molecular weight excluding hydrogens is 416 g/mol. The molecule has 26 heavy (non-hydrogen) atoms. The highest BCUT2D eigenvalue weighted by Gasteiger charge is 2.06. The average molecular weight is 432 g/mol. The van der Waals surface area contributed by atoms with Crippen LogP contribution >= 0.6 is 27.5 Å². The molecule has 0 saturated heterocycles. The SMILES string of the molecule is Cc1ccc(C(=O)/C=C/c2ccc(COc3ccc(Br)cc3Cl)o2)cc1. The van der Waals surface area contributed by atoms with Crippen molar-refractivity contribution in [1.82, 2.24) is 0 Å². The summed E-state index contributed by atoms with van der Waals surface area (Å²) < 4.78 is 12.2. The summed E-state index contributed by atoms with van der Waals surface area (Å²) >= 11 is 9.47. The van der Waals surface area contributed by atoms with E-state index in [-0.39, 0.29) is 12.4 Å². The van der Waals surface area contributed by atoms with Gasteiger partial charge in [-0.25, -0.2) is 0 Å². The number of benzene rings is 2. The summed E-state index contributed by atoms with van der Waals surface area (Å²) in [5, 5.41) is 0.523. The molecule has 0 bridgehead atoms. The highest BCUT2D eigenvalue weighted by atomic mass is 79.9. The molecule has 0 aliphatic heterocycles. The van der Waals surface area contributed by atoms with Gasteiger partial charge in [-0.1, -0.05) is 57.4 Å². The zero-order chi connectivity index (χ0) is 18.5. The van der Waals surface area contributed by atoms with Crippen LogP contribution in [0.4, 0.5) is 0 Å². The molecule has 0 radical (unpaired) electrons. The van der Waals surface area contributed by atoms with Crippen molar-refractivity contribution in [2.75, 3.05) is 0 Å². The molecule has 2 aromatic carbocycles. The fourth-order valence-electron chi connectivity index (χ4n) is 2.27. The van der Waals surface area contributed by atoms with E-state index in [4.69, 9.17) is 20.8 Å². The predicted molar refractivity (Wildman–Crippen MR) is 107 cm³/mol. The van der Waals surface area contributed by atoms with E-state index >= 15 is 0 Å². The minimum absolute atomic E-state index is 0.0687. The molecular formula is C21H16BrClO3. The van der Waals surface area contributed by atoms with Crippen LogP contribution in [0.15, 0.2) is 69.6 Å². The second-order valence-electron chi connectivity index (χ2n) is 5.73. The summed E-state index contributed by atoms with van der Waals surface area (Å²) in [6.45, 7) is 2.24. The Balaban J connectivity index is 1.60. The molecule has 0 saturated carbocycles. The molecule has 0 N–H and O–H groups in total. The van der Waals surface area contributed by atoms with Crippen molar-refractivity contribution in [2.45, 2.75) is 13.5 Å². The molecule has 0 amide bonds. The molecule has 0 aliphatic carbocycles. The van der Waals surface area contributed by atoms with Gasteiger partial charge in [0.2, 0.25) is 0 Å². The Morgan fingerprint density at radius 3 is 2.65 bits per heavy atom. The van der Waals surface area contributed by atoms with Crippen LogP contribution in [-0.2, 0) is 6.61 Å². The minimum atomic E-state index is -0.0687. The maximum Gasteiger partial charge on any atom is 0.185 e. The first-order valence-electron chi connectivity index (χ1n) is 7.97. The van der Waals surface area contributed by atoms with Crippen LogP contribution in [0.5, 0.6) is 5.75 Å². The second-order valence-corrected chi connectivity index (χ2v) is 7.05. The lowest BCUT2D eigenvalue weighted by atomic mass is 10.1. The van der Waals surface area contributed by atoms with E-state index in [0.29, 0.717) is 27.9 Å². The third kappa shape index (κ3) is 4.87. The van der Waals surface area contributed by atoms with Crippen molar-refractivity contribution < 1.29 is 13.9 Å². The monoisotopic (exact) mass is 430 g/mol. The zero-order valence-corrected chi connectivity index (χ0v) is 16.4. The maximum absolute atomic E-state index is 12.1.